The van der Waals surface area contributed by atoms with Crippen molar-refractivity contribution in [3.05, 3.63) is 35.4 Å². The number of carboxylic acids is 1. The van der Waals surface area contributed by atoms with Gasteiger partial charge in [-0.2, -0.15) is 13.2 Å². The number of carbonyl (C=O) groups is 1. The minimum absolute atomic E-state index is 0.282. The van der Waals surface area contributed by atoms with E-state index >= 15 is 0 Å². The molecule has 2 fully saturated rings. The first-order chi connectivity index (χ1) is 11.3. The lowest BCUT2D eigenvalue weighted by Crippen LogP contribution is -2.40. The molecule has 4 nitrogen and oxygen atoms in total. The molecule has 0 aliphatic carbocycles. The van der Waals surface area contributed by atoms with Gasteiger partial charge in [-0.25, -0.2) is 0 Å². The molecule has 132 valence electrons. The molecule has 3 rings (SSSR count). The van der Waals surface area contributed by atoms with Crippen LogP contribution in [-0.4, -0.2) is 42.3 Å². The van der Waals surface area contributed by atoms with Crippen LogP contribution in [0, 0.1) is 11.3 Å². The Kier molecular flexibility index (Phi) is 4.57. The molecule has 1 aromatic carbocycles. The van der Waals surface area contributed by atoms with Gasteiger partial charge in [0.15, 0.2) is 0 Å². The number of alkyl halides is 3. The van der Waals surface area contributed by atoms with E-state index in [1.54, 1.807) is 0 Å². The van der Waals surface area contributed by atoms with E-state index in [4.69, 9.17) is 4.74 Å². The highest BCUT2D eigenvalue weighted by Gasteiger charge is 2.50. The maximum absolute atomic E-state index is 12.6. The Balaban J connectivity index is 1.71. The van der Waals surface area contributed by atoms with Gasteiger partial charge in [0.2, 0.25) is 0 Å². The first-order valence-corrected chi connectivity index (χ1v) is 7.99. The molecule has 1 atom stereocenters. The second-order valence-electron chi connectivity index (χ2n) is 6.73. The third-order valence-electron chi connectivity index (χ3n) is 5.19. The number of ether oxygens (including phenoxy) is 1. The van der Waals surface area contributed by atoms with E-state index < -0.39 is 23.6 Å². The predicted molar refractivity (Wildman–Crippen MR) is 80.3 cm³/mol. The summed E-state index contributed by atoms with van der Waals surface area (Å²) in [5, 5.41) is 9.55. The fourth-order valence-corrected chi connectivity index (χ4v) is 3.87. The van der Waals surface area contributed by atoms with Crippen LogP contribution in [0.5, 0.6) is 0 Å². The van der Waals surface area contributed by atoms with Crippen molar-refractivity contribution in [2.24, 2.45) is 11.3 Å². The Hall–Kier alpha value is -1.60. The monoisotopic (exact) mass is 343 g/mol. The molecule has 0 bridgehead atoms. The third kappa shape index (κ3) is 3.42. The third-order valence-corrected chi connectivity index (χ3v) is 5.19. The van der Waals surface area contributed by atoms with E-state index in [9.17, 15) is 23.1 Å². The number of rotatable bonds is 3. The summed E-state index contributed by atoms with van der Waals surface area (Å²) in [6.07, 6.45) is -2.91. The van der Waals surface area contributed by atoms with E-state index in [-0.39, 0.29) is 5.41 Å². The number of hydrogen-bond donors (Lipinski definition) is 1. The van der Waals surface area contributed by atoms with Crippen LogP contribution in [0.3, 0.4) is 0 Å². The fourth-order valence-electron chi connectivity index (χ4n) is 3.87. The van der Waals surface area contributed by atoms with Crippen LogP contribution < -0.4 is 0 Å². The summed E-state index contributed by atoms with van der Waals surface area (Å²) in [5.74, 6) is -1.25. The van der Waals surface area contributed by atoms with Crippen molar-refractivity contribution >= 4 is 5.97 Å². The standard InChI is InChI=1S/C17H20F3NO3/c18-17(19,20)13-3-1-12(2-4-13)9-21-10-14(15(22)23)16(11-21)5-7-24-8-6-16/h1-4,14H,5-11H2,(H,22,23)/t14-/m0/s1. The highest BCUT2D eigenvalue weighted by Crippen LogP contribution is 2.44. The van der Waals surface area contributed by atoms with Crippen molar-refractivity contribution in [1.82, 2.24) is 4.90 Å². The maximum Gasteiger partial charge on any atom is 0.416 e. The van der Waals surface area contributed by atoms with Gasteiger partial charge in [-0.15, -0.1) is 0 Å². The molecule has 2 saturated heterocycles. The molecule has 1 spiro atoms. The molecule has 1 N–H and O–H groups in total. The minimum Gasteiger partial charge on any atom is -0.481 e. The molecule has 0 aromatic heterocycles. The number of halogens is 3. The van der Waals surface area contributed by atoms with Crippen molar-refractivity contribution in [2.75, 3.05) is 26.3 Å². The lowest BCUT2D eigenvalue weighted by atomic mass is 9.72. The Bertz CT molecular complexity index is 594. The number of hydrogen-bond acceptors (Lipinski definition) is 3. The van der Waals surface area contributed by atoms with E-state index in [2.05, 4.69) is 0 Å². The van der Waals surface area contributed by atoms with Gasteiger partial charge in [-0.3, -0.25) is 9.69 Å². The Morgan fingerprint density at radius 2 is 1.88 bits per heavy atom. The quantitative estimate of drug-likeness (QED) is 0.917. The second-order valence-corrected chi connectivity index (χ2v) is 6.73. The highest BCUT2D eigenvalue weighted by atomic mass is 19.4. The maximum atomic E-state index is 12.6. The molecule has 0 amide bonds. The summed E-state index contributed by atoms with van der Waals surface area (Å²) in [4.78, 5) is 13.7. The number of likely N-dealkylation sites (tertiary alicyclic amines) is 1. The van der Waals surface area contributed by atoms with E-state index in [0.29, 0.717) is 45.7 Å². The van der Waals surface area contributed by atoms with Crippen molar-refractivity contribution < 1.29 is 27.8 Å². The highest BCUT2D eigenvalue weighted by molar-refractivity contribution is 5.72. The van der Waals surface area contributed by atoms with Crippen LogP contribution in [0.2, 0.25) is 0 Å². The Morgan fingerprint density at radius 1 is 1.25 bits per heavy atom. The second kappa shape index (κ2) is 6.37. The molecule has 2 heterocycles. The zero-order valence-corrected chi connectivity index (χ0v) is 13.2. The summed E-state index contributed by atoms with van der Waals surface area (Å²) < 4.78 is 43.2. The molecule has 2 aliphatic rings. The summed E-state index contributed by atoms with van der Waals surface area (Å²) in [6, 6.07) is 5.08. The van der Waals surface area contributed by atoms with Crippen molar-refractivity contribution in [3.8, 4) is 0 Å². The zero-order valence-electron chi connectivity index (χ0n) is 13.2. The minimum atomic E-state index is -4.34. The molecule has 2 aliphatic heterocycles. The fraction of sp³-hybridized carbons (Fsp3) is 0.588. The van der Waals surface area contributed by atoms with Crippen molar-refractivity contribution in [2.45, 2.75) is 25.6 Å². The number of benzene rings is 1. The van der Waals surface area contributed by atoms with Crippen LogP contribution in [0.4, 0.5) is 13.2 Å². The number of nitrogens with zero attached hydrogens (tertiary/aromatic N) is 1. The average molecular weight is 343 g/mol. The smallest absolute Gasteiger partial charge is 0.416 e. The van der Waals surface area contributed by atoms with Gasteiger partial charge < -0.3 is 9.84 Å². The molecule has 24 heavy (non-hydrogen) atoms. The van der Waals surface area contributed by atoms with Crippen LogP contribution >= 0.6 is 0 Å². The average Bonchev–Trinajstić information content (AvgIpc) is 2.85. The van der Waals surface area contributed by atoms with Gasteiger partial charge in [0, 0.05) is 38.3 Å². The van der Waals surface area contributed by atoms with E-state index in [0.717, 1.165) is 17.7 Å². The molecular weight excluding hydrogens is 323 g/mol. The van der Waals surface area contributed by atoms with Gasteiger partial charge in [-0.05, 0) is 30.5 Å². The van der Waals surface area contributed by atoms with Gasteiger partial charge in [0.25, 0.3) is 0 Å². The molecule has 0 unspecified atom stereocenters. The van der Waals surface area contributed by atoms with Crippen LogP contribution in [0.1, 0.15) is 24.0 Å². The first-order valence-electron chi connectivity index (χ1n) is 7.99. The summed E-state index contributed by atoms with van der Waals surface area (Å²) >= 11 is 0. The van der Waals surface area contributed by atoms with Gasteiger partial charge >= 0.3 is 12.1 Å². The topological polar surface area (TPSA) is 49.8 Å². The molecular formula is C17H20F3NO3. The number of carboxylic acid groups (broad SMARTS) is 1. The largest absolute Gasteiger partial charge is 0.481 e. The van der Waals surface area contributed by atoms with Crippen LogP contribution in [0.15, 0.2) is 24.3 Å². The van der Waals surface area contributed by atoms with Crippen molar-refractivity contribution in [1.29, 1.82) is 0 Å². The Labute approximate surface area is 138 Å². The first kappa shape index (κ1) is 17.2. The normalized spacial score (nSPS) is 24.4. The summed E-state index contributed by atoms with van der Waals surface area (Å²) in [6.45, 7) is 2.67. The molecule has 7 heteroatoms. The van der Waals surface area contributed by atoms with Gasteiger partial charge in [0.05, 0.1) is 11.5 Å². The van der Waals surface area contributed by atoms with Gasteiger partial charge in [-0.1, -0.05) is 12.1 Å². The lowest BCUT2D eigenvalue weighted by molar-refractivity contribution is -0.147. The zero-order chi connectivity index (χ0) is 17.4. The molecule has 1 aromatic rings. The number of aliphatic carboxylic acids is 1. The van der Waals surface area contributed by atoms with Gasteiger partial charge in [0.1, 0.15) is 0 Å². The summed E-state index contributed by atoms with van der Waals surface area (Å²) in [7, 11) is 0. The molecule has 0 radical (unpaired) electrons. The van der Waals surface area contributed by atoms with Crippen molar-refractivity contribution in [3.63, 3.8) is 0 Å². The van der Waals surface area contributed by atoms with E-state index in [1.165, 1.54) is 12.1 Å². The SMILES string of the molecule is O=C(O)[C@@H]1CN(Cc2ccc(C(F)(F)F)cc2)CC12CCOCC2. The molecule has 0 saturated carbocycles. The van der Waals surface area contributed by atoms with E-state index in [1.807, 2.05) is 4.90 Å². The van der Waals surface area contributed by atoms with Crippen LogP contribution in [0.25, 0.3) is 0 Å². The summed E-state index contributed by atoms with van der Waals surface area (Å²) in [5.41, 5.74) is -0.191. The van der Waals surface area contributed by atoms with Crippen LogP contribution in [-0.2, 0) is 22.3 Å². The Morgan fingerprint density at radius 3 is 2.42 bits per heavy atom. The predicted octanol–water partition coefficient (Wildman–Crippen LogP) is 3.02. The lowest BCUT2D eigenvalue weighted by Gasteiger charge is -2.36.